The molecule has 3 aromatic rings. The second-order valence-electron chi connectivity index (χ2n) is 8.37. The summed E-state index contributed by atoms with van der Waals surface area (Å²) < 4.78 is 46.5. The largest absolute Gasteiger partial charge is 0.508 e. The number of carbonyl (C=O) groups is 1. The number of aromatic nitrogens is 2. The predicted molar refractivity (Wildman–Crippen MR) is 121 cm³/mol. The van der Waals surface area contributed by atoms with Crippen LogP contribution in [0.4, 0.5) is 13.2 Å². The van der Waals surface area contributed by atoms with Crippen LogP contribution >= 0.6 is 0 Å². The second-order valence-corrected chi connectivity index (χ2v) is 8.37. The molecule has 0 fully saturated rings. The Labute approximate surface area is 195 Å². The molecular formula is C25H27F3N2O4. The summed E-state index contributed by atoms with van der Waals surface area (Å²) >= 11 is 0. The highest BCUT2D eigenvalue weighted by molar-refractivity contribution is 5.66. The van der Waals surface area contributed by atoms with Gasteiger partial charge in [0, 0.05) is 29.4 Å². The first kappa shape index (κ1) is 25.1. The van der Waals surface area contributed by atoms with Gasteiger partial charge in [0.1, 0.15) is 17.3 Å². The maximum absolute atomic E-state index is 12.9. The molecule has 34 heavy (non-hydrogen) atoms. The number of aromatic hydroxyl groups is 1. The van der Waals surface area contributed by atoms with Crippen LogP contribution in [0.15, 0.2) is 48.7 Å². The first-order valence-electron chi connectivity index (χ1n) is 10.9. The molecule has 6 nitrogen and oxygen atoms in total. The van der Waals surface area contributed by atoms with Crippen molar-refractivity contribution in [3.05, 3.63) is 65.5 Å². The van der Waals surface area contributed by atoms with Gasteiger partial charge in [-0.1, -0.05) is 19.1 Å². The normalized spacial score (nSPS) is 12.5. The summed E-state index contributed by atoms with van der Waals surface area (Å²) in [5, 5.41) is 18.9. The van der Waals surface area contributed by atoms with Gasteiger partial charge in [-0.05, 0) is 56.0 Å². The van der Waals surface area contributed by atoms with Gasteiger partial charge in [-0.2, -0.15) is 13.2 Å². The Kier molecular flexibility index (Phi) is 7.86. The van der Waals surface area contributed by atoms with Gasteiger partial charge in [-0.3, -0.25) is 4.79 Å². The number of aryl methyl sites for hydroxylation is 1. The number of hydrogen-bond acceptors (Lipinski definition) is 4. The number of phenolic OH excluding ortho intramolecular Hbond substituents is 1. The summed E-state index contributed by atoms with van der Waals surface area (Å²) in [7, 11) is 0. The van der Waals surface area contributed by atoms with E-state index in [4.69, 9.17) is 9.84 Å². The van der Waals surface area contributed by atoms with Gasteiger partial charge < -0.3 is 19.5 Å². The zero-order valence-corrected chi connectivity index (χ0v) is 19.0. The number of rotatable bonds is 10. The fraction of sp³-hybridized carbons (Fsp3) is 0.360. The lowest BCUT2D eigenvalue weighted by Gasteiger charge is -2.16. The third-order valence-electron chi connectivity index (χ3n) is 5.52. The zero-order chi connectivity index (χ0) is 24.9. The smallest absolute Gasteiger partial charge is 0.416 e. The van der Waals surface area contributed by atoms with E-state index in [2.05, 4.69) is 4.98 Å². The molecule has 0 saturated heterocycles. The monoisotopic (exact) mass is 476 g/mol. The van der Waals surface area contributed by atoms with Crippen molar-refractivity contribution in [1.82, 2.24) is 9.55 Å². The van der Waals surface area contributed by atoms with E-state index in [-0.39, 0.29) is 18.1 Å². The van der Waals surface area contributed by atoms with Gasteiger partial charge >= 0.3 is 12.1 Å². The van der Waals surface area contributed by atoms with Crippen molar-refractivity contribution in [3.8, 4) is 22.9 Å². The molecule has 1 atom stereocenters. The summed E-state index contributed by atoms with van der Waals surface area (Å²) in [6, 6.07) is 9.59. The first-order valence-corrected chi connectivity index (χ1v) is 10.9. The van der Waals surface area contributed by atoms with Gasteiger partial charge in [0.2, 0.25) is 0 Å². The van der Waals surface area contributed by atoms with Crippen LogP contribution in [0.1, 0.15) is 43.0 Å². The molecule has 1 unspecified atom stereocenters. The predicted octanol–water partition coefficient (Wildman–Crippen LogP) is 5.90. The van der Waals surface area contributed by atoms with Gasteiger partial charge in [0.15, 0.2) is 0 Å². The lowest BCUT2D eigenvalue weighted by molar-refractivity contribution is -0.138. The molecular weight excluding hydrogens is 449 g/mol. The van der Waals surface area contributed by atoms with E-state index in [1.807, 2.05) is 18.4 Å². The third-order valence-corrected chi connectivity index (χ3v) is 5.52. The van der Waals surface area contributed by atoms with Crippen molar-refractivity contribution in [1.29, 1.82) is 0 Å². The Hall–Kier alpha value is -3.49. The summed E-state index contributed by atoms with van der Waals surface area (Å²) in [4.78, 5) is 15.2. The van der Waals surface area contributed by atoms with Crippen molar-refractivity contribution >= 4 is 5.97 Å². The second kappa shape index (κ2) is 10.6. The van der Waals surface area contributed by atoms with Gasteiger partial charge in [0.05, 0.1) is 18.7 Å². The average Bonchev–Trinajstić information content (AvgIpc) is 3.11. The molecule has 3 rings (SSSR count). The number of nitrogens with zero attached hydrogens (tertiary/aromatic N) is 2. The average molecular weight is 476 g/mol. The molecule has 2 N–H and O–H groups in total. The number of imidazole rings is 1. The number of phenols is 1. The maximum atomic E-state index is 12.9. The quantitative estimate of drug-likeness (QED) is 0.356. The number of ether oxygens (including phenoxy) is 1. The van der Waals surface area contributed by atoms with E-state index < -0.39 is 17.7 Å². The molecule has 0 aliphatic carbocycles. The van der Waals surface area contributed by atoms with E-state index in [0.29, 0.717) is 48.7 Å². The Morgan fingerprint density at radius 3 is 2.53 bits per heavy atom. The fourth-order valence-electron chi connectivity index (χ4n) is 3.71. The van der Waals surface area contributed by atoms with Crippen LogP contribution in [0.5, 0.6) is 11.5 Å². The van der Waals surface area contributed by atoms with Crippen LogP contribution in [0.2, 0.25) is 0 Å². The molecule has 0 radical (unpaired) electrons. The highest BCUT2D eigenvalue weighted by atomic mass is 19.4. The van der Waals surface area contributed by atoms with Gasteiger partial charge in [0.25, 0.3) is 0 Å². The van der Waals surface area contributed by atoms with Crippen molar-refractivity contribution in [2.45, 2.75) is 45.8 Å². The maximum Gasteiger partial charge on any atom is 0.416 e. The lowest BCUT2D eigenvalue weighted by Crippen LogP contribution is -2.09. The summed E-state index contributed by atoms with van der Waals surface area (Å²) in [5.74, 6) is 0.346. The van der Waals surface area contributed by atoms with Crippen molar-refractivity contribution in [3.63, 3.8) is 0 Å². The summed E-state index contributed by atoms with van der Waals surface area (Å²) in [6.45, 7) is 4.40. The SMILES string of the molecule is Cc1cnc(-c2ccc(C(F)(F)F)cc2)n1Cc1cc(O)ccc1OCCCC(C)CC(=O)O. The van der Waals surface area contributed by atoms with Crippen LogP contribution in [-0.4, -0.2) is 32.3 Å². The Morgan fingerprint density at radius 2 is 1.88 bits per heavy atom. The number of aliphatic carboxylic acids is 1. The highest BCUT2D eigenvalue weighted by Gasteiger charge is 2.30. The summed E-state index contributed by atoms with van der Waals surface area (Å²) in [6.07, 6.45) is -1.28. The van der Waals surface area contributed by atoms with Crippen LogP contribution < -0.4 is 4.74 Å². The molecule has 0 aliphatic heterocycles. The molecule has 9 heteroatoms. The van der Waals surface area contributed by atoms with Crippen LogP contribution in [0.25, 0.3) is 11.4 Å². The van der Waals surface area contributed by atoms with Crippen molar-refractivity contribution < 1.29 is 32.9 Å². The zero-order valence-electron chi connectivity index (χ0n) is 19.0. The van der Waals surface area contributed by atoms with Crippen molar-refractivity contribution in [2.24, 2.45) is 5.92 Å². The number of hydrogen-bond donors (Lipinski definition) is 2. The third kappa shape index (κ3) is 6.52. The number of halogens is 3. The van der Waals surface area contributed by atoms with Crippen molar-refractivity contribution in [2.75, 3.05) is 6.61 Å². The molecule has 0 amide bonds. The van der Waals surface area contributed by atoms with Crippen LogP contribution in [0.3, 0.4) is 0 Å². The summed E-state index contributed by atoms with van der Waals surface area (Å²) in [5.41, 5.74) is 1.29. The number of carboxylic acid groups (broad SMARTS) is 1. The minimum absolute atomic E-state index is 0.0419. The van der Waals surface area contributed by atoms with E-state index in [9.17, 15) is 23.1 Å². The van der Waals surface area contributed by atoms with Crippen LogP contribution in [-0.2, 0) is 17.5 Å². The number of alkyl halides is 3. The Balaban J connectivity index is 1.76. The standard InChI is InChI=1S/C25H27F3N2O4/c1-16(12-23(32)33)4-3-11-34-22-10-9-21(31)13-19(22)15-30-17(2)14-29-24(30)18-5-7-20(8-6-18)25(26,27)28/h5-10,13-14,16,31H,3-4,11-12,15H2,1-2H3,(H,32,33). The number of benzene rings is 2. The molecule has 0 aliphatic rings. The highest BCUT2D eigenvalue weighted by Crippen LogP contribution is 2.32. The molecule has 2 aromatic carbocycles. The minimum atomic E-state index is -4.41. The molecule has 1 heterocycles. The van der Waals surface area contributed by atoms with E-state index >= 15 is 0 Å². The molecule has 1 aromatic heterocycles. The molecule has 0 bridgehead atoms. The fourth-order valence-corrected chi connectivity index (χ4v) is 3.71. The Bertz CT molecular complexity index is 1120. The minimum Gasteiger partial charge on any atom is -0.508 e. The Morgan fingerprint density at radius 1 is 1.18 bits per heavy atom. The lowest BCUT2D eigenvalue weighted by atomic mass is 10.0. The molecule has 0 saturated carbocycles. The molecule has 0 spiro atoms. The van der Waals surface area contributed by atoms with Gasteiger partial charge in [-0.15, -0.1) is 0 Å². The van der Waals surface area contributed by atoms with Gasteiger partial charge in [-0.25, -0.2) is 4.98 Å². The number of carboxylic acids is 1. The van der Waals surface area contributed by atoms with E-state index in [0.717, 1.165) is 17.8 Å². The topological polar surface area (TPSA) is 84.6 Å². The first-order chi connectivity index (χ1) is 16.0. The van der Waals surface area contributed by atoms with E-state index in [1.54, 1.807) is 18.3 Å². The molecule has 182 valence electrons. The van der Waals surface area contributed by atoms with Crippen LogP contribution in [0, 0.1) is 12.8 Å². The van der Waals surface area contributed by atoms with E-state index in [1.165, 1.54) is 18.2 Å².